The molecular weight excluding hydrogens is 254 g/mol. The van der Waals surface area contributed by atoms with E-state index in [0.717, 1.165) is 18.8 Å². The fourth-order valence-corrected chi connectivity index (χ4v) is 2.70. The average molecular weight is 279 g/mol. The molecule has 1 aliphatic rings. The van der Waals surface area contributed by atoms with Crippen molar-refractivity contribution in [2.75, 3.05) is 45.7 Å². The Bertz CT molecular complexity index is 472. The number of ether oxygens (including phenoxy) is 1. The molecule has 112 valence electrons. The van der Waals surface area contributed by atoms with E-state index in [-0.39, 0.29) is 5.56 Å². The third kappa shape index (κ3) is 4.35. The molecule has 1 saturated heterocycles. The molecule has 20 heavy (non-hydrogen) atoms. The molecule has 0 radical (unpaired) electrons. The summed E-state index contributed by atoms with van der Waals surface area (Å²) < 4.78 is 6.72. The van der Waals surface area contributed by atoms with Gasteiger partial charge < -0.3 is 19.5 Å². The van der Waals surface area contributed by atoms with E-state index < -0.39 is 0 Å². The highest BCUT2D eigenvalue weighted by atomic mass is 16.5. The van der Waals surface area contributed by atoms with Crippen molar-refractivity contribution in [3.05, 3.63) is 28.7 Å². The third-order valence-electron chi connectivity index (χ3n) is 3.84. The molecule has 1 N–H and O–H groups in total. The number of nitrogens with zero attached hydrogens (tertiary/aromatic N) is 2. The number of rotatable bonds is 6. The van der Waals surface area contributed by atoms with Crippen LogP contribution in [0.2, 0.25) is 0 Å². The van der Waals surface area contributed by atoms with Gasteiger partial charge in [-0.05, 0) is 38.4 Å². The van der Waals surface area contributed by atoms with Gasteiger partial charge in [0, 0.05) is 39.0 Å². The molecule has 2 heterocycles. The van der Waals surface area contributed by atoms with Crippen LogP contribution in [0.3, 0.4) is 0 Å². The summed E-state index contributed by atoms with van der Waals surface area (Å²) in [6.07, 6.45) is 4.44. The average Bonchev–Trinajstić information content (AvgIpc) is 2.45. The van der Waals surface area contributed by atoms with Crippen LogP contribution in [0.15, 0.2) is 23.1 Å². The third-order valence-corrected chi connectivity index (χ3v) is 3.84. The first-order chi connectivity index (χ1) is 9.69. The molecule has 0 aliphatic carbocycles. The Morgan fingerprint density at radius 2 is 2.30 bits per heavy atom. The second kappa shape index (κ2) is 7.45. The number of aromatic nitrogens is 1. The zero-order valence-electron chi connectivity index (χ0n) is 12.5. The van der Waals surface area contributed by atoms with Crippen molar-refractivity contribution in [2.24, 2.45) is 5.92 Å². The molecule has 0 amide bonds. The van der Waals surface area contributed by atoms with E-state index in [4.69, 9.17) is 4.74 Å². The second-order valence-corrected chi connectivity index (χ2v) is 5.59. The van der Waals surface area contributed by atoms with Gasteiger partial charge in [0.2, 0.25) is 0 Å². The lowest BCUT2D eigenvalue weighted by atomic mass is 9.98. The van der Waals surface area contributed by atoms with Crippen molar-refractivity contribution in [1.29, 1.82) is 0 Å². The van der Waals surface area contributed by atoms with Crippen LogP contribution in [0, 0.1) is 5.92 Å². The van der Waals surface area contributed by atoms with Crippen molar-refractivity contribution in [3.8, 4) is 0 Å². The number of hydrogen-bond acceptors (Lipinski definition) is 4. The van der Waals surface area contributed by atoms with Gasteiger partial charge in [-0.25, -0.2) is 0 Å². The molecular formula is C15H25N3O2. The maximum Gasteiger partial charge on any atom is 0.250 e. The Balaban J connectivity index is 1.90. The van der Waals surface area contributed by atoms with Gasteiger partial charge in [-0.2, -0.15) is 0 Å². The minimum Gasteiger partial charge on any atom is -0.384 e. The fraction of sp³-hybridized carbons (Fsp3) is 0.667. The van der Waals surface area contributed by atoms with Gasteiger partial charge in [0.1, 0.15) is 0 Å². The predicted octanol–water partition coefficient (Wildman–Crippen LogP) is 1.25. The van der Waals surface area contributed by atoms with Gasteiger partial charge in [-0.15, -0.1) is 0 Å². The van der Waals surface area contributed by atoms with Crippen molar-refractivity contribution >= 4 is 5.69 Å². The first-order valence-corrected chi connectivity index (χ1v) is 7.31. The number of piperidine rings is 1. The van der Waals surface area contributed by atoms with Crippen molar-refractivity contribution in [2.45, 2.75) is 19.4 Å². The summed E-state index contributed by atoms with van der Waals surface area (Å²) in [5, 5.41) is 3.45. The van der Waals surface area contributed by atoms with E-state index in [9.17, 15) is 4.79 Å². The highest BCUT2D eigenvalue weighted by Gasteiger charge is 2.16. The molecule has 0 spiro atoms. The summed E-state index contributed by atoms with van der Waals surface area (Å²) in [6, 6.07) is 3.48. The first kappa shape index (κ1) is 15.1. The summed E-state index contributed by atoms with van der Waals surface area (Å²) in [7, 11) is 3.82. The van der Waals surface area contributed by atoms with Gasteiger partial charge in [-0.1, -0.05) is 0 Å². The number of pyridine rings is 1. The SMILES string of the molecule is COCCn1cc(NCC2CCCN(C)C2)ccc1=O. The van der Waals surface area contributed by atoms with Crippen molar-refractivity contribution in [3.63, 3.8) is 0 Å². The maximum absolute atomic E-state index is 11.7. The van der Waals surface area contributed by atoms with E-state index >= 15 is 0 Å². The smallest absolute Gasteiger partial charge is 0.250 e. The van der Waals surface area contributed by atoms with Gasteiger partial charge in [0.05, 0.1) is 12.3 Å². The molecule has 5 heteroatoms. The standard InChI is InChI=1S/C15H25N3O2/c1-17-7-3-4-13(11-17)10-16-14-5-6-15(19)18(12-14)8-9-20-2/h5-6,12-13,16H,3-4,7-11H2,1-2H3. The second-order valence-electron chi connectivity index (χ2n) is 5.59. The van der Waals surface area contributed by atoms with Crippen LogP contribution in [0.5, 0.6) is 0 Å². The number of likely N-dealkylation sites (tertiary alicyclic amines) is 1. The number of anilines is 1. The quantitative estimate of drug-likeness (QED) is 0.851. The Morgan fingerprint density at radius 3 is 3.05 bits per heavy atom. The van der Waals surface area contributed by atoms with Crippen LogP contribution >= 0.6 is 0 Å². The monoisotopic (exact) mass is 279 g/mol. The normalized spacial score (nSPS) is 20.0. The van der Waals surface area contributed by atoms with Crippen molar-refractivity contribution < 1.29 is 4.74 Å². The highest BCUT2D eigenvalue weighted by molar-refractivity contribution is 5.40. The lowest BCUT2D eigenvalue weighted by Gasteiger charge is -2.30. The van der Waals surface area contributed by atoms with E-state index in [1.807, 2.05) is 12.3 Å². The molecule has 0 bridgehead atoms. The van der Waals surface area contributed by atoms with E-state index in [1.165, 1.54) is 19.4 Å². The first-order valence-electron chi connectivity index (χ1n) is 7.31. The van der Waals surface area contributed by atoms with Gasteiger partial charge in [-0.3, -0.25) is 4.79 Å². The van der Waals surface area contributed by atoms with E-state index in [1.54, 1.807) is 17.7 Å². The lowest BCUT2D eigenvalue weighted by Crippen LogP contribution is -2.35. The summed E-state index contributed by atoms with van der Waals surface area (Å²) in [6.45, 7) is 4.47. The van der Waals surface area contributed by atoms with Crippen LogP contribution in [-0.4, -0.2) is 49.9 Å². The number of hydrogen-bond donors (Lipinski definition) is 1. The number of methoxy groups -OCH3 is 1. The Labute approximate surface area is 120 Å². The molecule has 5 nitrogen and oxygen atoms in total. The largest absolute Gasteiger partial charge is 0.384 e. The minimum atomic E-state index is 0.0185. The molecule has 1 aromatic rings. The van der Waals surface area contributed by atoms with Gasteiger partial charge in [0.15, 0.2) is 0 Å². The molecule has 1 unspecified atom stereocenters. The summed E-state index contributed by atoms with van der Waals surface area (Å²) in [5.41, 5.74) is 1.03. The molecule has 1 atom stereocenters. The van der Waals surface area contributed by atoms with Crippen LogP contribution in [-0.2, 0) is 11.3 Å². The predicted molar refractivity (Wildman–Crippen MR) is 81.3 cm³/mol. The zero-order valence-corrected chi connectivity index (χ0v) is 12.5. The highest BCUT2D eigenvalue weighted by Crippen LogP contribution is 2.15. The number of nitrogens with one attached hydrogen (secondary N) is 1. The van der Waals surface area contributed by atoms with Gasteiger partial charge in [0.25, 0.3) is 5.56 Å². The molecule has 1 aliphatic heterocycles. The fourth-order valence-electron chi connectivity index (χ4n) is 2.70. The maximum atomic E-state index is 11.7. The molecule has 0 saturated carbocycles. The Kier molecular flexibility index (Phi) is 5.61. The topological polar surface area (TPSA) is 46.5 Å². The molecule has 0 aromatic carbocycles. The lowest BCUT2D eigenvalue weighted by molar-refractivity contribution is 0.186. The summed E-state index contributed by atoms with van der Waals surface area (Å²) in [5.74, 6) is 0.688. The molecule has 1 fully saturated rings. The minimum absolute atomic E-state index is 0.0185. The zero-order chi connectivity index (χ0) is 14.4. The molecule has 1 aromatic heterocycles. The van der Waals surface area contributed by atoms with Crippen LogP contribution in [0.1, 0.15) is 12.8 Å². The van der Waals surface area contributed by atoms with Crippen LogP contribution < -0.4 is 10.9 Å². The van der Waals surface area contributed by atoms with E-state index in [2.05, 4.69) is 17.3 Å². The van der Waals surface area contributed by atoms with Gasteiger partial charge >= 0.3 is 0 Å². The Hall–Kier alpha value is -1.33. The van der Waals surface area contributed by atoms with Crippen LogP contribution in [0.25, 0.3) is 0 Å². The summed E-state index contributed by atoms with van der Waals surface area (Å²) in [4.78, 5) is 14.1. The van der Waals surface area contributed by atoms with Crippen LogP contribution in [0.4, 0.5) is 5.69 Å². The summed E-state index contributed by atoms with van der Waals surface area (Å²) >= 11 is 0. The van der Waals surface area contributed by atoms with Crippen molar-refractivity contribution in [1.82, 2.24) is 9.47 Å². The Morgan fingerprint density at radius 1 is 1.45 bits per heavy atom. The van der Waals surface area contributed by atoms with E-state index in [0.29, 0.717) is 19.1 Å². The molecule has 2 rings (SSSR count).